The normalized spacial score (nSPS) is 12.9. The number of amides is 1. The van der Waals surface area contributed by atoms with Gasteiger partial charge in [-0.15, -0.1) is 0 Å². The monoisotopic (exact) mass is 327 g/mol. The average molecular weight is 328 g/mol. The van der Waals surface area contributed by atoms with Gasteiger partial charge in [0.15, 0.2) is 0 Å². The van der Waals surface area contributed by atoms with Crippen molar-refractivity contribution < 1.29 is 4.79 Å². The lowest BCUT2D eigenvalue weighted by molar-refractivity contribution is -0.122. The van der Waals surface area contributed by atoms with Gasteiger partial charge in [0, 0.05) is 34.7 Å². The van der Waals surface area contributed by atoms with Gasteiger partial charge in [0.2, 0.25) is 5.91 Å². The Bertz CT molecular complexity index is 412. The molecule has 0 heterocycles. The third-order valence-corrected chi connectivity index (χ3v) is 2.97. The fraction of sp³-hybridized carbons (Fsp3) is 0.500. The summed E-state index contributed by atoms with van der Waals surface area (Å²) in [6, 6.07) is 7.74. The van der Waals surface area contributed by atoms with E-state index in [2.05, 4.69) is 26.6 Å². The van der Waals surface area contributed by atoms with Crippen LogP contribution in [0, 0.1) is 0 Å². The molecule has 1 rings (SSSR count). The molecule has 0 radical (unpaired) electrons. The predicted molar refractivity (Wildman–Crippen MR) is 83.1 cm³/mol. The molecule has 0 aliphatic rings. The van der Waals surface area contributed by atoms with E-state index in [0.717, 1.165) is 10.2 Å². The lowest BCUT2D eigenvalue weighted by Gasteiger charge is -2.23. The number of rotatable bonds is 5. The fourth-order valence-electron chi connectivity index (χ4n) is 1.67. The minimum atomic E-state index is -0.214. The summed E-state index contributed by atoms with van der Waals surface area (Å²) < 4.78 is 1.02. The molecule has 4 nitrogen and oxygen atoms in total. The van der Waals surface area contributed by atoms with Crippen molar-refractivity contribution in [1.82, 2.24) is 5.32 Å². The maximum atomic E-state index is 11.9. The summed E-state index contributed by atoms with van der Waals surface area (Å²) in [6.45, 7) is 6.30. The van der Waals surface area contributed by atoms with Crippen molar-refractivity contribution in [2.24, 2.45) is 5.73 Å². The second-order valence-electron chi connectivity index (χ2n) is 5.59. The number of nitrogens with two attached hydrogens (primary N) is 1. The summed E-state index contributed by atoms with van der Waals surface area (Å²) in [4.78, 5) is 11.9. The Kier molecular flexibility index (Phi) is 5.82. The quantitative estimate of drug-likeness (QED) is 0.778. The molecular weight excluding hydrogens is 306 g/mol. The Balaban J connectivity index is 2.54. The maximum absolute atomic E-state index is 11.9. The largest absolute Gasteiger partial charge is 0.381 e. The molecule has 0 bridgehead atoms. The van der Waals surface area contributed by atoms with Crippen LogP contribution < -0.4 is 16.4 Å². The molecule has 0 fully saturated rings. The first-order valence-corrected chi connectivity index (χ1v) is 7.12. The molecule has 0 saturated carbocycles. The molecule has 106 valence electrons. The zero-order chi connectivity index (χ0) is 14.5. The Morgan fingerprint density at radius 1 is 1.32 bits per heavy atom. The summed E-state index contributed by atoms with van der Waals surface area (Å²) in [6.07, 6.45) is 0.365. The smallest absolute Gasteiger partial charge is 0.222 e. The van der Waals surface area contributed by atoms with Crippen molar-refractivity contribution in [1.29, 1.82) is 0 Å². The van der Waals surface area contributed by atoms with Crippen LogP contribution in [0.15, 0.2) is 28.7 Å². The standard InChI is InChI=1S/C14H22BrN3O/c1-14(2,3)18-13(19)8-12(9-16)17-11-6-4-10(15)5-7-11/h4-7,12,17H,8-9,16H2,1-3H3,(H,18,19). The van der Waals surface area contributed by atoms with E-state index in [9.17, 15) is 4.79 Å². The summed E-state index contributed by atoms with van der Waals surface area (Å²) >= 11 is 3.39. The molecule has 0 spiro atoms. The van der Waals surface area contributed by atoms with Crippen LogP contribution in [0.2, 0.25) is 0 Å². The molecule has 0 aliphatic heterocycles. The maximum Gasteiger partial charge on any atom is 0.222 e. The van der Waals surface area contributed by atoms with Gasteiger partial charge in [-0.2, -0.15) is 0 Å². The zero-order valence-corrected chi connectivity index (χ0v) is 13.3. The lowest BCUT2D eigenvalue weighted by atomic mass is 10.1. The number of nitrogens with one attached hydrogen (secondary N) is 2. The van der Waals surface area contributed by atoms with Gasteiger partial charge >= 0.3 is 0 Å². The van der Waals surface area contributed by atoms with E-state index in [1.165, 1.54) is 0 Å². The van der Waals surface area contributed by atoms with Crippen LogP contribution in [0.4, 0.5) is 5.69 Å². The highest BCUT2D eigenvalue weighted by Gasteiger charge is 2.17. The summed E-state index contributed by atoms with van der Waals surface area (Å²) in [5, 5.41) is 6.20. The predicted octanol–water partition coefficient (Wildman–Crippen LogP) is 2.49. The Morgan fingerprint density at radius 2 is 1.89 bits per heavy atom. The summed E-state index contributed by atoms with van der Waals surface area (Å²) in [7, 11) is 0. The number of halogens is 1. The van der Waals surface area contributed by atoms with Crippen LogP contribution in [0.5, 0.6) is 0 Å². The van der Waals surface area contributed by atoms with Crippen LogP contribution in [0.3, 0.4) is 0 Å². The van der Waals surface area contributed by atoms with E-state index in [0.29, 0.717) is 13.0 Å². The highest BCUT2D eigenvalue weighted by molar-refractivity contribution is 9.10. The molecule has 1 atom stereocenters. The molecule has 4 N–H and O–H groups in total. The number of hydrogen-bond acceptors (Lipinski definition) is 3. The summed E-state index contributed by atoms with van der Waals surface area (Å²) in [5.41, 5.74) is 6.46. The topological polar surface area (TPSA) is 67.2 Å². The number of anilines is 1. The van der Waals surface area contributed by atoms with E-state index >= 15 is 0 Å². The van der Waals surface area contributed by atoms with Crippen molar-refractivity contribution in [2.45, 2.75) is 38.8 Å². The van der Waals surface area contributed by atoms with E-state index < -0.39 is 0 Å². The first kappa shape index (κ1) is 16.0. The number of carbonyl (C=O) groups is 1. The van der Waals surface area contributed by atoms with Crippen molar-refractivity contribution in [3.05, 3.63) is 28.7 Å². The Hall–Kier alpha value is -1.07. The SMILES string of the molecule is CC(C)(C)NC(=O)CC(CN)Nc1ccc(Br)cc1. The van der Waals surface area contributed by atoms with Crippen LogP contribution in [-0.4, -0.2) is 24.0 Å². The molecule has 1 aromatic carbocycles. The van der Waals surface area contributed by atoms with Crippen LogP contribution in [0.25, 0.3) is 0 Å². The van der Waals surface area contributed by atoms with Gasteiger partial charge in [0.25, 0.3) is 0 Å². The van der Waals surface area contributed by atoms with E-state index in [-0.39, 0.29) is 17.5 Å². The third-order valence-electron chi connectivity index (χ3n) is 2.45. The second-order valence-corrected chi connectivity index (χ2v) is 6.50. The Morgan fingerprint density at radius 3 is 2.37 bits per heavy atom. The van der Waals surface area contributed by atoms with Crippen LogP contribution >= 0.6 is 15.9 Å². The highest BCUT2D eigenvalue weighted by Crippen LogP contribution is 2.15. The third kappa shape index (κ3) is 6.59. The van der Waals surface area contributed by atoms with Gasteiger partial charge in [-0.05, 0) is 45.0 Å². The van der Waals surface area contributed by atoms with Gasteiger partial charge in [0.1, 0.15) is 0 Å². The van der Waals surface area contributed by atoms with Gasteiger partial charge in [0.05, 0.1) is 0 Å². The van der Waals surface area contributed by atoms with Crippen LogP contribution in [0.1, 0.15) is 27.2 Å². The van der Waals surface area contributed by atoms with E-state index in [4.69, 9.17) is 5.73 Å². The van der Waals surface area contributed by atoms with Gasteiger partial charge in [-0.3, -0.25) is 4.79 Å². The van der Waals surface area contributed by atoms with E-state index in [1.807, 2.05) is 45.0 Å². The molecule has 19 heavy (non-hydrogen) atoms. The molecule has 0 saturated heterocycles. The molecule has 1 unspecified atom stereocenters. The second kappa shape index (κ2) is 6.91. The molecule has 0 aromatic heterocycles. The minimum absolute atomic E-state index is 0.00700. The van der Waals surface area contributed by atoms with Gasteiger partial charge in [-0.1, -0.05) is 15.9 Å². The van der Waals surface area contributed by atoms with Crippen molar-refractivity contribution in [3.63, 3.8) is 0 Å². The first-order chi connectivity index (χ1) is 8.80. The average Bonchev–Trinajstić information content (AvgIpc) is 2.28. The van der Waals surface area contributed by atoms with Crippen molar-refractivity contribution >= 4 is 27.5 Å². The summed E-state index contributed by atoms with van der Waals surface area (Å²) in [5.74, 6) is 0.00700. The van der Waals surface area contributed by atoms with Gasteiger partial charge in [-0.25, -0.2) is 0 Å². The fourth-order valence-corrected chi connectivity index (χ4v) is 1.93. The number of carbonyl (C=O) groups excluding carboxylic acids is 1. The highest BCUT2D eigenvalue weighted by atomic mass is 79.9. The Labute approximate surface area is 123 Å². The molecule has 5 heteroatoms. The van der Waals surface area contributed by atoms with Crippen LogP contribution in [-0.2, 0) is 4.79 Å². The molecular formula is C14H22BrN3O. The van der Waals surface area contributed by atoms with E-state index in [1.54, 1.807) is 0 Å². The minimum Gasteiger partial charge on any atom is -0.381 e. The molecule has 0 aliphatic carbocycles. The van der Waals surface area contributed by atoms with Crippen molar-refractivity contribution in [3.8, 4) is 0 Å². The lowest BCUT2D eigenvalue weighted by Crippen LogP contribution is -2.44. The van der Waals surface area contributed by atoms with Crippen molar-refractivity contribution in [2.75, 3.05) is 11.9 Å². The first-order valence-electron chi connectivity index (χ1n) is 6.33. The number of benzene rings is 1. The van der Waals surface area contributed by atoms with Gasteiger partial charge < -0.3 is 16.4 Å². The molecule has 1 amide bonds. The number of hydrogen-bond donors (Lipinski definition) is 3. The molecule has 1 aromatic rings. The zero-order valence-electron chi connectivity index (χ0n) is 11.7.